The van der Waals surface area contributed by atoms with Crippen LogP contribution in [0.2, 0.25) is 10.2 Å². The molecule has 1 aliphatic heterocycles. The van der Waals surface area contributed by atoms with Gasteiger partial charge in [-0.05, 0) is 12.1 Å². The quantitative estimate of drug-likeness (QED) is 0.474. The topological polar surface area (TPSA) is 91.3 Å². The Kier molecular flexibility index (Phi) is 5.26. The summed E-state index contributed by atoms with van der Waals surface area (Å²) in [6.07, 6.45) is -1.26. The molecule has 1 unspecified atom stereocenters. The first kappa shape index (κ1) is 21.4. The van der Waals surface area contributed by atoms with Crippen molar-refractivity contribution in [1.29, 1.82) is 0 Å². The van der Waals surface area contributed by atoms with E-state index in [2.05, 4.69) is 4.98 Å². The van der Waals surface area contributed by atoms with E-state index in [4.69, 9.17) is 27.9 Å². The molecule has 0 spiro atoms. The van der Waals surface area contributed by atoms with Crippen LogP contribution in [0.3, 0.4) is 0 Å². The summed E-state index contributed by atoms with van der Waals surface area (Å²) in [6, 6.07) is 7.18. The highest BCUT2D eigenvalue weighted by Gasteiger charge is 2.37. The van der Waals surface area contributed by atoms with E-state index in [1.54, 1.807) is 30.6 Å². The highest BCUT2D eigenvalue weighted by Crippen LogP contribution is 2.43. The molecule has 4 aromatic rings. The maximum Gasteiger partial charge on any atom is 0.331 e. The number of nitrogens with zero attached hydrogens (tertiary/aromatic N) is 4. The summed E-state index contributed by atoms with van der Waals surface area (Å²) in [5.41, 5.74) is 1.54. The number of fused-ring (bicyclic) bond motifs is 3. The average Bonchev–Trinajstić information content (AvgIpc) is 3.37. The van der Waals surface area contributed by atoms with Crippen LogP contribution < -0.4 is 11.2 Å². The highest BCUT2D eigenvalue weighted by atomic mass is 35.5. The predicted molar refractivity (Wildman–Crippen MR) is 124 cm³/mol. The molecule has 2 atom stereocenters. The van der Waals surface area contributed by atoms with E-state index in [-0.39, 0.29) is 13.2 Å². The number of thiazole rings is 1. The van der Waals surface area contributed by atoms with E-state index >= 15 is 0 Å². The first-order valence-corrected chi connectivity index (χ1v) is 11.4. The Bertz CT molecular complexity index is 1490. The van der Waals surface area contributed by atoms with E-state index in [1.807, 2.05) is 10.6 Å². The zero-order chi connectivity index (χ0) is 22.7. The van der Waals surface area contributed by atoms with Gasteiger partial charge in [0, 0.05) is 30.1 Å². The number of rotatable bonds is 3. The van der Waals surface area contributed by atoms with Gasteiger partial charge < -0.3 is 14.4 Å². The van der Waals surface area contributed by atoms with Crippen molar-refractivity contribution in [1.82, 2.24) is 18.7 Å². The van der Waals surface area contributed by atoms with Gasteiger partial charge in [0.1, 0.15) is 10.2 Å². The van der Waals surface area contributed by atoms with Crippen LogP contribution in [0.5, 0.6) is 0 Å². The minimum absolute atomic E-state index is 0.227. The molecular formula is C21H18Cl2N4O4S. The van der Waals surface area contributed by atoms with Crippen LogP contribution in [0.4, 0.5) is 0 Å². The van der Waals surface area contributed by atoms with E-state index in [1.165, 1.54) is 23.0 Å². The molecule has 5 rings (SSSR count). The minimum Gasteiger partial charge on any atom is -0.394 e. The van der Waals surface area contributed by atoms with E-state index in [0.29, 0.717) is 37.5 Å². The number of aryl methyl sites for hydroxylation is 1. The number of benzene rings is 1. The lowest BCUT2D eigenvalue weighted by atomic mass is 10.1. The molecule has 0 radical (unpaired) electrons. The maximum absolute atomic E-state index is 13.4. The summed E-state index contributed by atoms with van der Waals surface area (Å²) >= 11 is 13.7. The summed E-state index contributed by atoms with van der Waals surface area (Å²) in [5.74, 6) is 0. The van der Waals surface area contributed by atoms with Gasteiger partial charge in [0.2, 0.25) is 0 Å². The zero-order valence-electron chi connectivity index (χ0n) is 17.1. The number of aliphatic hydroxyl groups is 1. The second kappa shape index (κ2) is 7.86. The molecule has 0 saturated carbocycles. The summed E-state index contributed by atoms with van der Waals surface area (Å²) < 4.78 is 10.6. The van der Waals surface area contributed by atoms with Crippen molar-refractivity contribution >= 4 is 45.4 Å². The van der Waals surface area contributed by atoms with Crippen LogP contribution in [0, 0.1) is 0 Å². The van der Waals surface area contributed by atoms with Gasteiger partial charge in [0.25, 0.3) is 5.56 Å². The van der Waals surface area contributed by atoms with Crippen LogP contribution in [0.25, 0.3) is 22.2 Å². The summed E-state index contributed by atoms with van der Waals surface area (Å²) in [4.78, 5) is 30.6. The molecule has 0 aliphatic carbocycles. The Morgan fingerprint density at radius 1 is 1.25 bits per heavy atom. The van der Waals surface area contributed by atoms with E-state index in [0.717, 1.165) is 10.1 Å². The fourth-order valence-electron chi connectivity index (χ4n) is 4.30. The van der Waals surface area contributed by atoms with Crippen molar-refractivity contribution in [2.75, 3.05) is 6.61 Å². The average molecular weight is 493 g/mol. The number of halogens is 2. The molecule has 1 aromatic carbocycles. The van der Waals surface area contributed by atoms with Crippen molar-refractivity contribution in [3.8, 4) is 11.3 Å². The van der Waals surface area contributed by atoms with Crippen molar-refractivity contribution < 1.29 is 9.84 Å². The van der Waals surface area contributed by atoms with Crippen molar-refractivity contribution in [3.63, 3.8) is 0 Å². The molecule has 32 heavy (non-hydrogen) atoms. The largest absolute Gasteiger partial charge is 0.394 e. The molecule has 0 saturated heterocycles. The van der Waals surface area contributed by atoms with Crippen LogP contribution >= 0.6 is 34.5 Å². The molecule has 0 fully saturated rings. The second-order valence-electron chi connectivity index (χ2n) is 7.61. The van der Waals surface area contributed by atoms with Gasteiger partial charge in [-0.25, -0.2) is 9.78 Å². The normalized spacial score (nSPS) is 18.3. The van der Waals surface area contributed by atoms with Gasteiger partial charge in [0.05, 0.1) is 41.5 Å². The minimum atomic E-state index is -0.716. The third kappa shape index (κ3) is 3.15. The highest BCUT2D eigenvalue weighted by molar-refractivity contribution is 7.10. The van der Waals surface area contributed by atoms with E-state index < -0.39 is 23.5 Å². The summed E-state index contributed by atoms with van der Waals surface area (Å²) in [5, 5.41) is 13.4. The third-order valence-corrected chi connectivity index (χ3v) is 7.13. The van der Waals surface area contributed by atoms with Crippen LogP contribution in [-0.4, -0.2) is 36.5 Å². The van der Waals surface area contributed by atoms with E-state index in [9.17, 15) is 14.7 Å². The second-order valence-corrected chi connectivity index (χ2v) is 9.33. The number of hydrogen-bond donors (Lipinski definition) is 1. The van der Waals surface area contributed by atoms with Gasteiger partial charge in [-0.1, -0.05) is 35.3 Å². The first-order valence-electron chi connectivity index (χ1n) is 9.77. The fraction of sp³-hybridized carbons (Fsp3) is 0.286. The predicted octanol–water partition coefficient (Wildman–Crippen LogP) is 2.95. The number of hydrogen-bond acceptors (Lipinski definition) is 6. The molecule has 1 aliphatic rings. The first-order chi connectivity index (χ1) is 15.3. The molecule has 0 amide bonds. The SMILES string of the molecule is Cn1c(=O)c2c(-c3cccc(Cl)c3)n3c(c2n(C)c1=O)C(c1nc(Cl)cs1)O[C@@H](CO)C3. The molecule has 4 heterocycles. The lowest BCUT2D eigenvalue weighted by Crippen LogP contribution is -2.37. The van der Waals surface area contributed by atoms with Gasteiger partial charge in [-0.2, -0.15) is 0 Å². The molecule has 166 valence electrons. The fourth-order valence-corrected chi connectivity index (χ4v) is 5.48. The zero-order valence-corrected chi connectivity index (χ0v) is 19.4. The van der Waals surface area contributed by atoms with Crippen molar-refractivity contribution in [2.24, 2.45) is 14.1 Å². The molecule has 0 bridgehead atoms. The van der Waals surface area contributed by atoms with Crippen LogP contribution in [0.15, 0.2) is 39.2 Å². The van der Waals surface area contributed by atoms with Gasteiger partial charge >= 0.3 is 5.69 Å². The monoisotopic (exact) mass is 492 g/mol. The van der Waals surface area contributed by atoms with Gasteiger partial charge in [0.15, 0.2) is 6.10 Å². The Morgan fingerprint density at radius 2 is 2.03 bits per heavy atom. The molecule has 3 aromatic heterocycles. The maximum atomic E-state index is 13.4. The lowest BCUT2D eigenvalue weighted by Gasteiger charge is -2.31. The van der Waals surface area contributed by atoms with Gasteiger partial charge in [-0.15, -0.1) is 11.3 Å². The standard InChI is InChI=1S/C21H18Cl2N4O4S/c1-25-16-14(20(29)26(2)21(25)30)15(10-4-3-5-11(22)6-10)27-7-12(8-28)31-18(17(16)27)19-24-13(23)9-32-19/h3-6,9,12,18,28H,7-8H2,1-2H3/t12-,18?/m1/s1. The Balaban J connectivity index is 1.97. The van der Waals surface area contributed by atoms with Crippen molar-refractivity contribution in [2.45, 2.75) is 18.8 Å². The molecular weight excluding hydrogens is 475 g/mol. The lowest BCUT2D eigenvalue weighted by molar-refractivity contribution is -0.0517. The summed E-state index contributed by atoms with van der Waals surface area (Å²) in [7, 11) is 3.07. The molecule has 11 heteroatoms. The Hall–Kier alpha value is -2.43. The Labute approximate surface area is 195 Å². The van der Waals surface area contributed by atoms with Gasteiger partial charge in [-0.3, -0.25) is 13.9 Å². The van der Waals surface area contributed by atoms with Crippen LogP contribution in [-0.2, 0) is 25.4 Å². The van der Waals surface area contributed by atoms with Crippen molar-refractivity contribution in [3.05, 3.63) is 71.4 Å². The number of aliphatic hydroxyl groups excluding tert-OH is 1. The molecule has 8 nitrogen and oxygen atoms in total. The van der Waals surface area contributed by atoms with Crippen LogP contribution in [0.1, 0.15) is 16.8 Å². The Morgan fingerprint density at radius 3 is 2.69 bits per heavy atom. The summed E-state index contributed by atoms with van der Waals surface area (Å²) in [6.45, 7) is 0.0603. The number of ether oxygens (including phenoxy) is 1. The third-order valence-electron chi connectivity index (χ3n) is 5.69. The smallest absolute Gasteiger partial charge is 0.331 e. The molecule has 1 N–H and O–H groups in total. The number of aromatic nitrogens is 4.